The number of nitrogens with one attached hydrogen (secondary N) is 1. The van der Waals surface area contributed by atoms with Gasteiger partial charge in [0.25, 0.3) is 0 Å². The van der Waals surface area contributed by atoms with Crippen molar-refractivity contribution in [2.45, 2.75) is 45.1 Å². The van der Waals surface area contributed by atoms with E-state index in [1.807, 2.05) is 0 Å². The monoisotopic (exact) mass is 267 g/mol. The van der Waals surface area contributed by atoms with Crippen LogP contribution in [0.5, 0.6) is 5.88 Å². The lowest BCUT2D eigenvalue weighted by Gasteiger charge is -2.24. The molecule has 0 saturated heterocycles. The van der Waals surface area contributed by atoms with E-state index in [0.29, 0.717) is 28.0 Å². The number of nitrogens with two attached hydrogens (primary N) is 1. The van der Waals surface area contributed by atoms with Crippen LogP contribution in [0.1, 0.15) is 44.6 Å². The van der Waals surface area contributed by atoms with Crippen LogP contribution in [0.25, 0.3) is 0 Å². The molecule has 0 unspecified atom stereocenters. The Hall–Kier alpha value is -1.29. The van der Waals surface area contributed by atoms with Crippen molar-refractivity contribution in [1.29, 1.82) is 5.41 Å². The summed E-state index contributed by atoms with van der Waals surface area (Å²) in [5.74, 6) is 0.402. The van der Waals surface area contributed by atoms with Gasteiger partial charge < -0.3 is 15.9 Å². The first-order valence-electron chi connectivity index (χ1n) is 6.26. The second-order valence-electron chi connectivity index (χ2n) is 4.72. The molecule has 1 fully saturated rings. The Morgan fingerprint density at radius 1 is 1.44 bits per heavy atom. The third kappa shape index (κ3) is 2.93. The largest absolute Gasteiger partial charge is 0.474 e. The molecule has 1 aromatic rings. The summed E-state index contributed by atoms with van der Waals surface area (Å²) in [5.41, 5.74) is 7.24. The van der Waals surface area contributed by atoms with Gasteiger partial charge in [-0.25, -0.2) is 4.98 Å². The van der Waals surface area contributed by atoms with Crippen LogP contribution in [0.15, 0.2) is 6.07 Å². The van der Waals surface area contributed by atoms with Gasteiger partial charge in [0, 0.05) is 11.4 Å². The van der Waals surface area contributed by atoms with Gasteiger partial charge in [0.05, 0.1) is 5.56 Å². The third-order valence-corrected chi connectivity index (χ3v) is 3.38. The van der Waals surface area contributed by atoms with Crippen LogP contribution in [0.4, 0.5) is 5.69 Å². The Morgan fingerprint density at radius 2 is 2.11 bits per heavy atom. The number of pyridine rings is 1. The molecule has 1 aliphatic rings. The Labute approximate surface area is 112 Å². The smallest absolute Gasteiger partial charge is 0.226 e. The summed E-state index contributed by atoms with van der Waals surface area (Å²) in [5, 5.41) is 8.07. The van der Waals surface area contributed by atoms with E-state index in [2.05, 4.69) is 4.98 Å². The second-order valence-corrected chi connectivity index (χ2v) is 5.10. The highest BCUT2D eigenvalue weighted by atomic mass is 35.5. The average Bonchev–Trinajstić information content (AvgIpc) is 2.28. The summed E-state index contributed by atoms with van der Waals surface area (Å²) in [6.45, 7) is 1.68. The van der Waals surface area contributed by atoms with Gasteiger partial charge in [-0.3, -0.25) is 0 Å². The van der Waals surface area contributed by atoms with Gasteiger partial charge in [0.1, 0.15) is 11.3 Å². The van der Waals surface area contributed by atoms with Crippen molar-refractivity contribution >= 4 is 23.0 Å². The van der Waals surface area contributed by atoms with Crippen molar-refractivity contribution in [1.82, 2.24) is 4.98 Å². The van der Waals surface area contributed by atoms with Crippen LogP contribution >= 0.6 is 11.6 Å². The first-order chi connectivity index (χ1) is 8.58. The zero-order chi connectivity index (χ0) is 13.1. The molecule has 5 heteroatoms. The minimum Gasteiger partial charge on any atom is -0.474 e. The molecular formula is C13H18ClN3O. The molecule has 1 aliphatic carbocycles. The van der Waals surface area contributed by atoms with Crippen LogP contribution in [-0.2, 0) is 0 Å². The van der Waals surface area contributed by atoms with E-state index in [1.165, 1.54) is 19.3 Å². The molecule has 4 nitrogen and oxygen atoms in total. The average molecular weight is 268 g/mol. The second kappa shape index (κ2) is 5.57. The molecule has 0 aromatic carbocycles. The number of halogens is 1. The number of hydrogen-bond acceptors (Lipinski definition) is 4. The Bertz CT molecular complexity index is 456. The van der Waals surface area contributed by atoms with Crippen LogP contribution in [0.3, 0.4) is 0 Å². The number of aromatic nitrogens is 1. The zero-order valence-corrected chi connectivity index (χ0v) is 11.3. The SMILES string of the molecule is CC(=N)c1c(N)cc(Cl)nc1OC1CCCCC1. The molecule has 0 bridgehead atoms. The molecule has 0 aliphatic heterocycles. The van der Waals surface area contributed by atoms with Crippen LogP contribution in [0.2, 0.25) is 5.15 Å². The molecule has 1 saturated carbocycles. The van der Waals surface area contributed by atoms with Crippen molar-refractivity contribution in [3.8, 4) is 5.88 Å². The number of nitrogens with zero attached hydrogens (tertiary/aromatic N) is 1. The van der Waals surface area contributed by atoms with E-state index in [9.17, 15) is 0 Å². The standard InChI is InChI=1S/C13H18ClN3O/c1-8(15)12-10(16)7-11(14)17-13(12)18-9-5-3-2-4-6-9/h7,9,15H,2-6H2,1H3,(H2,16,17). The minimum atomic E-state index is 0.169. The first kappa shape index (κ1) is 13.1. The summed E-state index contributed by atoms with van der Waals surface area (Å²) >= 11 is 5.90. The van der Waals surface area contributed by atoms with Gasteiger partial charge in [-0.2, -0.15) is 0 Å². The van der Waals surface area contributed by atoms with Gasteiger partial charge in [0.2, 0.25) is 5.88 Å². The van der Waals surface area contributed by atoms with Crippen molar-refractivity contribution in [3.05, 3.63) is 16.8 Å². The van der Waals surface area contributed by atoms with Crippen molar-refractivity contribution in [3.63, 3.8) is 0 Å². The lowest BCUT2D eigenvalue weighted by molar-refractivity contribution is 0.148. The topological polar surface area (TPSA) is 72.0 Å². The van der Waals surface area contributed by atoms with Crippen molar-refractivity contribution in [2.75, 3.05) is 5.73 Å². The number of hydrogen-bond donors (Lipinski definition) is 2. The Kier molecular flexibility index (Phi) is 4.07. The molecule has 3 N–H and O–H groups in total. The first-order valence-corrected chi connectivity index (χ1v) is 6.64. The zero-order valence-electron chi connectivity index (χ0n) is 10.5. The molecule has 0 atom stereocenters. The molecule has 18 heavy (non-hydrogen) atoms. The van der Waals surface area contributed by atoms with Gasteiger partial charge in [-0.1, -0.05) is 18.0 Å². The summed E-state index contributed by atoms with van der Waals surface area (Å²) < 4.78 is 5.89. The summed E-state index contributed by atoms with van der Waals surface area (Å²) in [7, 11) is 0. The van der Waals surface area contributed by atoms with E-state index in [-0.39, 0.29) is 6.10 Å². The van der Waals surface area contributed by atoms with Gasteiger partial charge >= 0.3 is 0 Å². The number of ether oxygens (including phenoxy) is 1. The Balaban J connectivity index is 2.27. The maximum absolute atomic E-state index is 7.76. The van der Waals surface area contributed by atoms with E-state index < -0.39 is 0 Å². The molecule has 98 valence electrons. The molecule has 2 rings (SSSR count). The molecule has 0 amide bonds. The predicted octanol–water partition coefficient (Wildman–Crippen LogP) is 3.42. The number of anilines is 1. The van der Waals surface area contributed by atoms with E-state index in [4.69, 9.17) is 27.5 Å². The predicted molar refractivity (Wildman–Crippen MR) is 73.7 cm³/mol. The lowest BCUT2D eigenvalue weighted by Crippen LogP contribution is -2.21. The fourth-order valence-corrected chi connectivity index (χ4v) is 2.51. The summed E-state index contributed by atoms with van der Waals surface area (Å²) in [6.07, 6.45) is 5.86. The quantitative estimate of drug-likeness (QED) is 0.651. The highest BCUT2D eigenvalue weighted by Crippen LogP contribution is 2.29. The maximum Gasteiger partial charge on any atom is 0.226 e. The fourth-order valence-electron chi connectivity index (χ4n) is 2.31. The molecule has 1 aromatic heterocycles. The highest BCUT2D eigenvalue weighted by molar-refractivity contribution is 6.30. The normalized spacial score (nSPS) is 16.6. The number of rotatable bonds is 3. The lowest BCUT2D eigenvalue weighted by atomic mass is 9.98. The molecule has 1 heterocycles. The van der Waals surface area contributed by atoms with Gasteiger partial charge in [-0.05, 0) is 38.7 Å². The van der Waals surface area contributed by atoms with Crippen LogP contribution in [0, 0.1) is 5.41 Å². The molecule has 0 radical (unpaired) electrons. The van der Waals surface area contributed by atoms with Crippen molar-refractivity contribution in [2.24, 2.45) is 0 Å². The summed E-state index contributed by atoms with van der Waals surface area (Å²) in [4.78, 5) is 4.17. The minimum absolute atomic E-state index is 0.169. The summed E-state index contributed by atoms with van der Waals surface area (Å²) in [6, 6.07) is 1.56. The van der Waals surface area contributed by atoms with E-state index >= 15 is 0 Å². The molecule has 0 spiro atoms. The van der Waals surface area contributed by atoms with Crippen LogP contribution < -0.4 is 10.5 Å². The van der Waals surface area contributed by atoms with Gasteiger partial charge in [-0.15, -0.1) is 0 Å². The van der Waals surface area contributed by atoms with Gasteiger partial charge in [0.15, 0.2) is 0 Å². The van der Waals surface area contributed by atoms with E-state index in [1.54, 1.807) is 13.0 Å². The number of nitrogen functional groups attached to an aromatic ring is 1. The van der Waals surface area contributed by atoms with Crippen LogP contribution in [-0.4, -0.2) is 16.8 Å². The van der Waals surface area contributed by atoms with E-state index in [0.717, 1.165) is 12.8 Å². The maximum atomic E-state index is 7.76. The molecular weight excluding hydrogens is 250 g/mol. The Morgan fingerprint density at radius 3 is 2.72 bits per heavy atom. The highest BCUT2D eigenvalue weighted by Gasteiger charge is 2.20. The third-order valence-electron chi connectivity index (χ3n) is 3.19. The fraction of sp³-hybridized carbons (Fsp3) is 0.538. The van der Waals surface area contributed by atoms with Crippen molar-refractivity contribution < 1.29 is 4.74 Å².